The van der Waals surface area contributed by atoms with Crippen molar-refractivity contribution in [2.24, 2.45) is 0 Å². The van der Waals surface area contributed by atoms with E-state index in [9.17, 15) is 28.7 Å². The zero-order valence-corrected chi connectivity index (χ0v) is 27.1. The number of carbonyl (C=O) groups excluding carboxylic acids is 4. The van der Waals surface area contributed by atoms with Crippen molar-refractivity contribution in [3.05, 3.63) is 125 Å². The monoisotopic (exact) mass is 676 g/mol. The molecule has 0 aliphatic carbocycles. The number of allylic oxidation sites excluding steroid dienone is 2. The SMILES string of the molecule is COCOc1ccc(OC)cc1C(=O)c1ccc(C(=O)OC2=CC=CN(OC(=O)OC(C)(C)C)C=C2NC(=O)c2cc(F)ccc2O)cc1. The van der Waals surface area contributed by atoms with Gasteiger partial charge in [0.15, 0.2) is 18.3 Å². The quantitative estimate of drug-likeness (QED) is 0.144. The molecule has 3 aromatic carbocycles. The van der Waals surface area contributed by atoms with Gasteiger partial charge in [0.05, 0.1) is 30.0 Å². The van der Waals surface area contributed by atoms with Crippen molar-refractivity contribution in [1.82, 2.24) is 10.4 Å². The van der Waals surface area contributed by atoms with Crippen LogP contribution < -0.4 is 14.8 Å². The number of ether oxygens (including phenoxy) is 5. The van der Waals surface area contributed by atoms with Crippen molar-refractivity contribution in [1.29, 1.82) is 0 Å². The van der Waals surface area contributed by atoms with Gasteiger partial charge in [-0.15, -0.1) is 0 Å². The number of carbonyl (C=O) groups is 4. The molecule has 3 aromatic rings. The first-order chi connectivity index (χ1) is 23.3. The zero-order chi connectivity index (χ0) is 35.7. The summed E-state index contributed by atoms with van der Waals surface area (Å²) in [6.45, 7) is 4.81. The summed E-state index contributed by atoms with van der Waals surface area (Å²) in [5.41, 5.74) is -1.06. The van der Waals surface area contributed by atoms with Crippen LogP contribution in [0.15, 0.2) is 96.7 Å². The van der Waals surface area contributed by atoms with Crippen LogP contribution in [0.1, 0.15) is 57.4 Å². The number of phenols is 1. The summed E-state index contributed by atoms with van der Waals surface area (Å²) in [4.78, 5) is 57.2. The Kier molecular flexibility index (Phi) is 11.4. The fraction of sp³-hybridized carbons (Fsp3) is 0.200. The molecule has 0 atom stereocenters. The maximum Gasteiger partial charge on any atom is 0.534 e. The van der Waals surface area contributed by atoms with Gasteiger partial charge in [0, 0.05) is 18.9 Å². The summed E-state index contributed by atoms with van der Waals surface area (Å²) >= 11 is 0. The molecule has 49 heavy (non-hydrogen) atoms. The van der Waals surface area contributed by atoms with E-state index in [-0.39, 0.29) is 40.7 Å². The lowest BCUT2D eigenvalue weighted by Crippen LogP contribution is -2.29. The second-order valence-electron chi connectivity index (χ2n) is 11.2. The van der Waals surface area contributed by atoms with Gasteiger partial charge in [-0.1, -0.05) is 12.1 Å². The number of nitrogens with zero attached hydrogens (tertiary/aromatic N) is 1. The van der Waals surface area contributed by atoms with E-state index in [2.05, 4.69) is 5.32 Å². The molecule has 0 spiro atoms. The third-order valence-corrected chi connectivity index (χ3v) is 6.37. The minimum absolute atomic E-state index is 0.0301. The van der Waals surface area contributed by atoms with Gasteiger partial charge in [0.2, 0.25) is 0 Å². The number of methoxy groups -OCH3 is 2. The van der Waals surface area contributed by atoms with Crippen molar-refractivity contribution < 1.29 is 57.2 Å². The Hall–Kier alpha value is -6.15. The van der Waals surface area contributed by atoms with Crippen molar-refractivity contribution in [2.45, 2.75) is 26.4 Å². The van der Waals surface area contributed by atoms with Gasteiger partial charge in [-0.3, -0.25) is 9.59 Å². The Balaban J connectivity index is 1.58. The fourth-order valence-electron chi connectivity index (χ4n) is 4.15. The van der Waals surface area contributed by atoms with E-state index in [1.54, 1.807) is 32.9 Å². The van der Waals surface area contributed by atoms with Crippen LogP contribution in [0.25, 0.3) is 0 Å². The van der Waals surface area contributed by atoms with Crippen molar-refractivity contribution in [2.75, 3.05) is 21.0 Å². The molecule has 14 heteroatoms. The van der Waals surface area contributed by atoms with Crippen molar-refractivity contribution in [3.8, 4) is 17.2 Å². The van der Waals surface area contributed by atoms with Gasteiger partial charge < -0.3 is 38.9 Å². The lowest BCUT2D eigenvalue weighted by atomic mass is 10.0. The van der Waals surface area contributed by atoms with E-state index in [4.69, 9.17) is 28.5 Å². The molecule has 1 amide bonds. The number of phenolic OH excluding ortho intramolecular Hbond substituents is 1. The number of rotatable bonds is 11. The van der Waals surface area contributed by atoms with E-state index in [0.29, 0.717) is 5.75 Å². The van der Waals surface area contributed by atoms with E-state index < -0.39 is 46.5 Å². The summed E-state index contributed by atoms with van der Waals surface area (Å²) < 4.78 is 40.4. The zero-order valence-electron chi connectivity index (χ0n) is 27.1. The predicted molar refractivity (Wildman–Crippen MR) is 171 cm³/mol. The molecule has 0 bridgehead atoms. The average Bonchev–Trinajstić information content (AvgIpc) is 3.24. The van der Waals surface area contributed by atoms with Crippen LogP contribution >= 0.6 is 0 Å². The summed E-state index contributed by atoms with van der Waals surface area (Å²) in [7, 11) is 2.90. The molecule has 2 N–H and O–H groups in total. The molecule has 0 fully saturated rings. The van der Waals surface area contributed by atoms with Gasteiger partial charge in [-0.25, -0.2) is 14.0 Å². The van der Waals surface area contributed by atoms with Crippen LogP contribution in [-0.4, -0.2) is 60.6 Å². The standard InChI is InChI=1S/C35H33FN2O11/c1-35(2,3)48-34(43)49-38-16-6-7-30(27(19-38)37-32(41)25-17-23(36)12-14-28(25)39)47-33(42)22-10-8-21(9-11-22)31(40)26-18-24(45-5)13-15-29(26)46-20-44-4/h6-19,39H,20H2,1-5H3,(H,37,41). The number of hydroxylamine groups is 2. The van der Waals surface area contributed by atoms with Crippen LogP contribution in [0.2, 0.25) is 0 Å². The summed E-state index contributed by atoms with van der Waals surface area (Å²) in [6, 6.07) is 13.1. The smallest absolute Gasteiger partial charge is 0.507 e. The fourth-order valence-corrected chi connectivity index (χ4v) is 4.15. The minimum atomic E-state index is -1.08. The highest BCUT2D eigenvalue weighted by molar-refractivity contribution is 6.11. The number of amides is 1. The number of hydrogen-bond donors (Lipinski definition) is 2. The maximum absolute atomic E-state index is 13.9. The van der Waals surface area contributed by atoms with Gasteiger partial charge in [-0.05, 0) is 81.5 Å². The molecule has 1 heterocycles. The number of hydrogen-bond acceptors (Lipinski definition) is 12. The Morgan fingerprint density at radius 2 is 1.63 bits per heavy atom. The van der Waals surface area contributed by atoms with Crippen LogP contribution in [0.4, 0.5) is 9.18 Å². The minimum Gasteiger partial charge on any atom is -0.507 e. The highest BCUT2D eigenvalue weighted by atomic mass is 19.1. The molecular formula is C35H33FN2O11. The lowest BCUT2D eigenvalue weighted by molar-refractivity contribution is -0.0884. The van der Waals surface area contributed by atoms with E-state index >= 15 is 0 Å². The van der Waals surface area contributed by atoms with Gasteiger partial charge >= 0.3 is 12.1 Å². The van der Waals surface area contributed by atoms with Crippen LogP contribution in [-0.2, 0) is 19.0 Å². The van der Waals surface area contributed by atoms with Gasteiger partial charge in [0.25, 0.3) is 5.91 Å². The number of nitrogens with one attached hydrogen (secondary N) is 1. The second-order valence-corrected chi connectivity index (χ2v) is 11.2. The van der Waals surface area contributed by atoms with Crippen LogP contribution in [0.5, 0.6) is 17.2 Å². The summed E-state index contributed by atoms with van der Waals surface area (Å²) in [5, 5.41) is 13.5. The highest BCUT2D eigenvalue weighted by Crippen LogP contribution is 2.28. The third-order valence-electron chi connectivity index (χ3n) is 6.37. The summed E-state index contributed by atoms with van der Waals surface area (Å²) in [5.74, 6) is -3.12. The number of ketones is 1. The number of aromatic hydroxyl groups is 1. The first kappa shape index (κ1) is 35.7. The Bertz CT molecular complexity index is 1830. The largest absolute Gasteiger partial charge is 0.534 e. The first-order valence-corrected chi connectivity index (χ1v) is 14.5. The lowest BCUT2D eigenvalue weighted by Gasteiger charge is -2.22. The topological polar surface area (TPSA) is 159 Å². The van der Waals surface area contributed by atoms with Crippen LogP contribution in [0, 0.1) is 5.82 Å². The number of halogens is 1. The van der Waals surface area contributed by atoms with Crippen molar-refractivity contribution >= 4 is 23.8 Å². The molecule has 0 saturated heterocycles. The third kappa shape index (κ3) is 9.68. The highest BCUT2D eigenvalue weighted by Gasteiger charge is 2.24. The normalized spacial score (nSPS) is 12.6. The van der Waals surface area contributed by atoms with Crippen molar-refractivity contribution in [3.63, 3.8) is 0 Å². The summed E-state index contributed by atoms with van der Waals surface area (Å²) in [6.07, 6.45) is 3.92. The molecule has 0 unspecified atom stereocenters. The Labute approximate surface area is 280 Å². The number of benzene rings is 3. The Morgan fingerprint density at radius 1 is 0.918 bits per heavy atom. The van der Waals surface area contributed by atoms with Gasteiger partial charge in [0.1, 0.15) is 34.4 Å². The first-order valence-electron chi connectivity index (χ1n) is 14.5. The molecular weight excluding hydrogens is 643 g/mol. The second kappa shape index (κ2) is 15.6. The van der Waals surface area contributed by atoms with E-state index in [1.807, 2.05) is 0 Å². The van der Waals surface area contributed by atoms with E-state index in [1.165, 1.54) is 62.9 Å². The molecule has 0 aromatic heterocycles. The van der Waals surface area contributed by atoms with E-state index in [0.717, 1.165) is 29.5 Å². The maximum atomic E-state index is 13.9. The molecule has 1 aliphatic rings. The molecule has 0 radical (unpaired) electrons. The van der Waals surface area contributed by atoms with Gasteiger partial charge in [-0.2, -0.15) is 5.06 Å². The number of esters is 1. The Morgan fingerprint density at radius 3 is 2.31 bits per heavy atom. The average molecular weight is 677 g/mol. The predicted octanol–water partition coefficient (Wildman–Crippen LogP) is 5.76. The van der Waals surface area contributed by atoms with Crippen LogP contribution in [0.3, 0.4) is 0 Å². The molecule has 0 saturated carbocycles. The molecule has 4 rings (SSSR count). The molecule has 256 valence electrons. The molecule has 1 aliphatic heterocycles. The molecule has 13 nitrogen and oxygen atoms in total.